The number of hydrogen-bond acceptors (Lipinski definition) is 4. The van der Waals surface area contributed by atoms with Crippen LogP contribution < -0.4 is 10.9 Å². The van der Waals surface area contributed by atoms with Crippen LogP contribution in [-0.2, 0) is 4.74 Å². The Morgan fingerprint density at radius 3 is 2.48 bits per heavy atom. The van der Waals surface area contributed by atoms with Gasteiger partial charge in [-0.1, -0.05) is 0 Å². The summed E-state index contributed by atoms with van der Waals surface area (Å²) in [5.41, 5.74) is 0.350. The largest absolute Gasteiger partial charge is 0.444 e. The predicted octanol–water partition coefficient (Wildman–Crippen LogP) is 2.77. The van der Waals surface area contributed by atoms with Crippen molar-refractivity contribution in [3.8, 4) is 0 Å². The molecule has 0 spiro atoms. The molecule has 1 amide bonds. The zero-order valence-electron chi connectivity index (χ0n) is 13.8. The lowest BCUT2D eigenvalue weighted by molar-refractivity contribution is 0.0299. The van der Waals surface area contributed by atoms with E-state index in [1.54, 1.807) is 31.4 Å². The Kier molecular flexibility index (Phi) is 3.96. The first-order valence-electron chi connectivity index (χ1n) is 8.19. The van der Waals surface area contributed by atoms with Crippen LogP contribution in [0, 0.1) is 0 Å². The minimum Gasteiger partial charge on any atom is -0.444 e. The maximum Gasteiger partial charge on any atom is 0.412 e. The number of nitrogens with zero attached hydrogens (tertiary/aromatic N) is 1. The van der Waals surface area contributed by atoms with Gasteiger partial charge < -0.3 is 14.4 Å². The molecule has 2 saturated carbocycles. The summed E-state index contributed by atoms with van der Waals surface area (Å²) in [6.45, 7) is 5.32. The number of carbonyl (C=O) groups is 1. The molecular weight excluding hydrogens is 296 g/mol. The van der Waals surface area contributed by atoms with E-state index < -0.39 is 17.8 Å². The monoisotopic (exact) mass is 320 g/mol. The smallest absolute Gasteiger partial charge is 0.412 e. The second-order valence-electron chi connectivity index (χ2n) is 7.51. The van der Waals surface area contributed by atoms with Gasteiger partial charge in [0, 0.05) is 6.20 Å². The molecule has 0 aliphatic heterocycles. The van der Waals surface area contributed by atoms with Gasteiger partial charge in [0.2, 0.25) is 0 Å². The van der Waals surface area contributed by atoms with Gasteiger partial charge >= 0.3 is 6.09 Å². The van der Waals surface area contributed by atoms with Crippen LogP contribution in [0.1, 0.15) is 64.0 Å². The molecule has 6 nitrogen and oxygen atoms in total. The number of rotatable bonds is 3. The number of hydrogen-bond donors (Lipinski definition) is 2. The normalized spacial score (nSPS) is 24.0. The Hall–Kier alpha value is -1.82. The molecule has 2 aliphatic rings. The van der Waals surface area contributed by atoms with Crippen LogP contribution in [-0.4, -0.2) is 27.5 Å². The van der Waals surface area contributed by atoms with Crippen molar-refractivity contribution in [1.29, 1.82) is 0 Å². The number of aromatic nitrogens is 1. The quantitative estimate of drug-likeness (QED) is 0.897. The number of ether oxygens (including phenoxy) is 1. The van der Waals surface area contributed by atoms with Crippen molar-refractivity contribution in [2.24, 2.45) is 0 Å². The average Bonchev–Trinajstić information content (AvgIpc) is 3.23. The molecule has 1 aromatic rings. The summed E-state index contributed by atoms with van der Waals surface area (Å²) in [6, 6.07) is 1.55. The highest BCUT2D eigenvalue weighted by Gasteiger charge is 2.33. The fraction of sp³-hybridized carbons (Fsp3) is 0.647. The van der Waals surface area contributed by atoms with Gasteiger partial charge in [-0.25, -0.2) is 4.79 Å². The molecule has 23 heavy (non-hydrogen) atoms. The van der Waals surface area contributed by atoms with E-state index in [1.807, 2.05) is 6.20 Å². The van der Waals surface area contributed by atoms with E-state index in [4.69, 9.17) is 4.74 Å². The number of anilines is 1. The first-order chi connectivity index (χ1) is 10.7. The fourth-order valence-electron chi connectivity index (χ4n) is 2.80. The van der Waals surface area contributed by atoms with Gasteiger partial charge in [0.25, 0.3) is 5.56 Å². The summed E-state index contributed by atoms with van der Waals surface area (Å²) in [5, 5.41) is 12.5. The fourth-order valence-corrected chi connectivity index (χ4v) is 2.80. The van der Waals surface area contributed by atoms with Crippen molar-refractivity contribution < 1.29 is 14.6 Å². The van der Waals surface area contributed by atoms with E-state index >= 15 is 0 Å². The summed E-state index contributed by atoms with van der Waals surface area (Å²) in [7, 11) is 0. The molecule has 2 atom stereocenters. The maximum atomic E-state index is 12.6. The molecule has 3 rings (SSSR count). The third-order valence-electron chi connectivity index (χ3n) is 4.31. The van der Waals surface area contributed by atoms with Crippen molar-refractivity contribution in [1.82, 2.24) is 4.57 Å². The lowest BCUT2D eigenvalue weighted by Crippen LogP contribution is -2.40. The lowest BCUT2D eigenvalue weighted by Gasteiger charge is -2.34. The number of aliphatic hydroxyl groups excluding tert-OH is 1. The average molecular weight is 320 g/mol. The molecule has 1 heterocycles. The number of amides is 1. The van der Waals surface area contributed by atoms with E-state index in [-0.39, 0.29) is 17.3 Å². The molecule has 6 heteroatoms. The standard InChI is InChI=1S/C17H24N2O4/c1-17(2,3)23-16(22)18-12-8-11(10-4-5-10)9-19(15(12)21)13-6-7-14(13)20/h8-10,13-14,20H,4-7H2,1-3H3,(H,18,22)/t13?,14-/m0/s1. The van der Waals surface area contributed by atoms with E-state index in [0.29, 0.717) is 12.3 Å². The molecule has 1 aromatic heterocycles. The summed E-state index contributed by atoms with van der Waals surface area (Å²) in [4.78, 5) is 24.6. The Labute approximate surface area is 135 Å². The van der Waals surface area contributed by atoms with E-state index in [0.717, 1.165) is 24.8 Å². The highest BCUT2D eigenvalue weighted by atomic mass is 16.6. The van der Waals surface area contributed by atoms with Crippen molar-refractivity contribution in [3.63, 3.8) is 0 Å². The molecule has 2 fully saturated rings. The summed E-state index contributed by atoms with van der Waals surface area (Å²) >= 11 is 0. The molecule has 126 valence electrons. The Balaban J connectivity index is 1.89. The SMILES string of the molecule is CC(C)(C)OC(=O)Nc1cc(C2CC2)cn(C2CC[C@@H]2O)c1=O. The minimum absolute atomic E-state index is 0.194. The Bertz CT molecular complexity index is 670. The second kappa shape index (κ2) is 5.67. The maximum absolute atomic E-state index is 12.6. The van der Waals surface area contributed by atoms with Crippen LogP contribution in [0.2, 0.25) is 0 Å². The van der Waals surface area contributed by atoms with Gasteiger partial charge in [-0.3, -0.25) is 10.1 Å². The summed E-state index contributed by atoms with van der Waals surface area (Å²) in [6.07, 6.45) is 4.39. The molecule has 2 N–H and O–H groups in total. The molecule has 1 unspecified atom stereocenters. The molecule has 2 aliphatic carbocycles. The van der Waals surface area contributed by atoms with Gasteiger partial charge in [0.15, 0.2) is 0 Å². The van der Waals surface area contributed by atoms with Gasteiger partial charge in [0.05, 0.1) is 12.1 Å². The highest BCUT2D eigenvalue weighted by molar-refractivity contribution is 5.84. The number of pyridine rings is 1. The van der Waals surface area contributed by atoms with Crippen LogP contribution in [0.4, 0.5) is 10.5 Å². The molecule has 0 radical (unpaired) electrons. The first-order valence-corrected chi connectivity index (χ1v) is 8.19. The van der Waals surface area contributed by atoms with E-state index in [1.165, 1.54) is 0 Å². The van der Waals surface area contributed by atoms with Crippen molar-refractivity contribution in [2.45, 2.75) is 70.1 Å². The number of nitrogens with one attached hydrogen (secondary N) is 1. The van der Waals surface area contributed by atoms with Crippen molar-refractivity contribution in [3.05, 3.63) is 28.2 Å². The van der Waals surface area contributed by atoms with Crippen molar-refractivity contribution in [2.75, 3.05) is 5.32 Å². The van der Waals surface area contributed by atoms with Gasteiger partial charge in [0.1, 0.15) is 11.3 Å². The van der Waals surface area contributed by atoms with Gasteiger partial charge in [-0.2, -0.15) is 0 Å². The van der Waals surface area contributed by atoms with Gasteiger partial charge in [-0.15, -0.1) is 0 Å². The summed E-state index contributed by atoms with van der Waals surface area (Å²) < 4.78 is 6.80. The van der Waals surface area contributed by atoms with Crippen LogP contribution in [0.3, 0.4) is 0 Å². The minimum atomic E-state index is -0.636. The van der Waals surface area contributed by atoms with Crippen LogP contribution in [0.25, 0.3) is 0 Å². The third-order valence-corrected chi connectivity index (χ3v) is 4.31. The van der Waals surface area contributed by atoms with Crippen LogP contribution in [0.15, 0.2) is 17.1 Å². The third kappa shape index (κ3) is 3.58. The molecular formula is C17H24N2O4. The van der Waals surface area contributed by atoms with E-state index in [2.05, 4.69) is 5.32 Å². The zero-order chi connectivity index (χ0) is 16.8. The molecule has 0 bridgehead atoms. The van der Waals surface area contributed by atoms with Crippen LogP contribution in [0.5, 0.6) is 0 Å². The Morgan fingerprint density at radius 1 is 1.30 bits per heavy atom. The highest BCUT2D eigenvalue weighted by Crippen LogP contribution is 2.41. The number of carbonyl (C=O) groups excluding carboxylic acids is 1. The van der Waals surface area contributed by atoms with Crippen molar-refractivity contribution >= 4 is 11.8 Å². The zero-order valence-corrected chi connectivity index (χ0v) is 13.8. The van der Waals surface area contributed by atoms with Crippen LogP contribution >= 0.6 is 0 Å². The lowest BCUT2D eigenvalue weighted by atomic mass is 9.88. The number of aliphatic hydroxyl groups is 1. The second-order valence-corrected chi connectivity index (χ2v) is 7.51. The Morgan fingerprint density at radius 2 is 2.00 bits per heavy atom. The predicted molar refractivity (Wildman–Crippen MR) is 86.8 cm³/mol. The first kappa shape index (κ1) is 16.1. The van der Waals surface area contributed by atoms with E-state index in [9.17, 15) is 14.7 Å². The summed E-state index contributed by atoms with van der Waals surface area (Å²) in [5.74, 6) is 0.443. The topological polar surface area (TPSA) is 80.6 Å². The molecule has 0 aromatic carbocycles. The molecule has 0 saturated heterocycles. The van der Waals surface area contributed by atoms with Gasteiger partial charge in [-0.05, 0) is 64.0 Å².